The van der Waals surface area contributed by atoms with Gasteiger partial charge in [-0.15, -0.1) is 0 Å². The van der Waals surface area contributed by atoms with Crippen molar-refractivity contribution in [3.8, 4) is 0 Å². The van der Waals surface area contributed by atoms with Crippen LogP contribution in [0.1, 0.15) is 40.4 Å². The van der Waals surface area contributed by atoms with Crippen LogP contribution in [0.3, 0.4) is 0 Å². The molecule has 0 spiro atoms. The summed E-state index contributed by atoms with van der Waals surface area (Å²) < 4.78 is 5.43. The number of rotatable bonds is 5. The van der Waals surface area contributed by atoms with Gasteiger partial charge in [0, 0.05) is 36.2 Å². The van der Waals surface area contributed by atoms with E-state index in [-0.39, 0.29) is 5.91 Å². The Balaban J connectivity index is 1.44. The molecule has 0 bridgehead atoms. The topological polar surface area (TPSA) is 83.3 Å². The van der Waals surface area contributed by atoms with Gasteiger partial charge >= 0.3 is 0 Å². The van der Waals surface area contributed by atoms with Crippen LogP contribution in [0, 0.1) is 20.8 Å². The van der Waals surface area contributed by atoms with E-state index in [0.717, 1.165) is 47.7 Å². The predicted octanol–water partition coefficient (Wildman–Crippen LogP) is 4.59. The second-order valence-electron chi connectivity index (χ2n) is 7.37. The molecule has 2 N–H and O–H groups in total. The monoisotopic (exact) mass is 391 g/mol. The Morgan fingerprint density at radius 1 is 1.00 bits per heavy atom. The van der Waals surface area contributed by atoms with E-state index in [9.17, 15) is 4.79 Å². The SMILES string of the molecule is Cc1cc(Nc2ccc(NC(=O)c3cc(C)oc3C)cc2)nc(N2CCCC2)n1. The van der Waals surface area contributed by atoms with Gasteiger partial charge in [0.05, 0.1) is 5.56 Å². The molecule has 1 aromatic carbocycles. The average Bonchev–Trinajstić information content (AvgIpc) is 3.32. The summed E-state index contributed by atoms with van der Waals surface area (Å²) in [5.74, 6) is 2.70. The van der Waals surface area contributed by atoms with Gasteiger partial charge in [0.2, 0.25) is 5.95 Å². The molecule has 1 saturated heterocycles. The minimum Gasteiger partial charge on any atom is -0.466 e. The lowest BCUT2D eigenvalue weighted by molar-refractivity contribution is 0.102. The highest BCUT2D eigenvalue weighted by molar-refractivity contribution is 6.05. The maximum absolute atomic E-state index is 12.4. The third-order valence-corrected chi connectivity index (χ3v) is 4.93. The van der Waals surface area contributed by atoms with Crippen LogP contribution in [-0.4, -0.2) is 29.0 Å². The fourth-order valence-corrected chi connectivity index (χ4v) is 3.51. The summed E-state index contributed by atoms with van der Waals surface area (Å²) in [5.41, 5.74) is 3.09. The Morgan fingerprint density at radius 3 is 2.34 bits per heavy atom. The molecule has 3 heterocycles. The molecule has 1 amide bonds. The minimum atomic E-state index is -0.179. The summed E-state index contributed by atoms with van der Waals surface area (Å²) in [6.45, 7) is 7.60. The quantitative estimate of drug-likeness (QED) is 0.662. The van der Waals surface area contributed by atoms with E-state index in [0.29, 0.717) is 11.3 Å². The number of hydrogen-bond donors (Lipinski definition) is 2. The second kappa shape index (κ2) is 7.95. The fraction of sp³-hybridized carbons (Fsp3) is 0.318. The van der Waals surface area contributed by atoms with E-state index in [1.54, 1.807) is 13.0 Å². The summed E-state index contributed by atoms with van der Waals surface area (Å²) in [5, 5.41) is 6.23. The van der Waals surface area contributed by atoms with E-state index in [2.05, 4.69) is 25.5 Å². The highest BCUT2D eigenvalue weighted by Crippen LogP contribution is 2.23. The second-order valence-corrected chi connectivity index (χ2v) is 7.37. The number of amides is 1. The molecule has 7 nitrogen and oxygen atoms in total. The normalized spacial score (nSPS) is 13.6. The molecule has 4 rings (SSSR count). The van der Waals surface area contributed by atoms with Gasteiger partial charge in [0.1, 0.15) is 17.3 Å². The van der Waals surface area contributed by atoms with Crippen molar-refractivity contribution in [3.63, 3.8) is 0 Å². The molecule has 0 unspecified atom stereocenters. The van der Waals surface area contributed by atoms with Crippen molar-refractivity contribution in [1.82, 2.24) is 9.97 Å². The van der Waals surface area contributed by atoms with Crippen LogP contribution < -0.4 is 15.5 Å². The summed E-state index contributed by atoms with van der Waals surface area (Å²) in [6, 6.07) is 11.2. The number of nitrogens with one attached hydrogen (secondary N) is 2. The molecular formula is C22H25N5O2. The Labute approximate surface area is 170 Å². The van der Waals surface area contributed by atoms with E-state index in [4.69, 9.17) is 4.42 Å². The first-order valence-electron chi connectivity index (χ1n) is 9.84. The number of furan rings is 1. The van der Waals surface area contributed by atoms with Crippen molar-refractivity contribution in [2.24, 2.45) is 0 Å². The number of anilines is 4. The van der Waals surface area contributed by atoms with Crippen molar-refractivity contribution in [3.05, 3.63) is 59.2 Å². The van der Waals surface area contributed by atoms with Gasteiger partial charge in [0.25, 0.3) is 5.91 Å². The summed E-state index contributed by atoms with van der Waals surface area (Å²) in [4.78, 5) is 23.9. The van der Waals surface area contributed by atoms with Crippen molar-refractivity contribution in [2.75, 3.05) is 28.6 Å². The van der Waals surface area contributed by atoms with Gasteiger partial charge in [-0.2, -0.15) is 4.98 Å². The van der Waals surface area contributed by atoms with Crippen LogP contribution in [0.2, 0.25) is 0 Å². The zero-order chi connectivity index (χ0) is 20.4. The van der Waals surface area contributed by atoms with Gasteiger partial charge in [-0.05, 0) is 63.9 Å². The van der Waals surface area contributed by atoms with Crippen molar-refractivity contribution in [1.29, 1.82) is 0 Å². The van der Waals surface area contributed by atoms with Gasteiger partial charge in [-0.3, -0.25) is 4.79 Å². The third-order valence-electron chi connectivity index (χ3n) is 4.93. The van der Waals surface area contributed by atoms with Crippen LogP contribution in [0.5, 0.6) is 0 Å². The molecule has 150 valence electrons. The average molecular weight is 391 g/mol. The fourth-order valence-electron chi connectivity index (χ4n) is 3.51. The molecule has 1 aliphatic rings. The standard InChI is InChI=1S/C22H25N5O2/c1-14-12-20(26-22(23-14)27-10-4-5-11-27)24-17-6-8-18(9-7-17)25-21(28)19-13-15(2)29-16(19)3/h6-9,12-13H,4-5,10-11H2,1-3H3,(H,25,28)(H,23,24,26). The molecule has 0 saturated carbocycles. The first-order chi connectivity index (χ1) is 14.0. The molecule has 29 heavy (non-hydrogen) atoms. The van der Waals surface area contributed by atoms with Crippen LogP contribution >= 0.6 is 0 Å². The first kappa shape index (κ1) is 19.0. The first-order valence-corrected chi connectivity index (χ1v) is 9.84. The number of aryl methyl sites for hydroxylation is 3. The molecule has 3 aromatic rings. The van der Waals surface area contributed by atoms with E-state index < -0.39 is 0 Å². The van der Waals surface area contributed by atoms with Crippen LogP contribution in [0.4, 0.5) is 23.1 Å². The Morgan fingerprint density at radius 2 is 1.69 bits per heavy atom. The number of carbonyl (C=O) groups is 1. The smallest absolute Gasteiger partial charge is 0.259 e. The lowest BCUT2D eigenvalue weighted by Crippen LogP contribution is -2.21. The van der Waals surface area contributed by atoms with Crippen LogP contribution in [0.15, 0.2) is 40.8 Å². The number of nitrogens with zero attached hydrogens (tertiary/aromatic N) is 3. The molecule has 7 heteroatoms. The minimum absolute atomic E-state index is 0.179. The predicted molar refractivity (Wildman–Crippen MR) is 114 cm³/mol. The number of benzene rings is 1. The van der Waals surface area contributed by atoms with Crippen molar-refractivity contribution >= 4 is 29.0 Å². The summed E-state index contributed by atoms with van der Waals surface area (Å²) in [7, 11) is 0. The molecular weight excluding hydrogens is 366 g/mol. The van der Waals surface area contributed by atoms with Crippen LogP contribution in [0.25, 0.3) is 0 Å². The summed E-state index contributed by atoms with van der Waals surface area (Å²) >= 11 is 0. The number of hydrogen-bond acceptors (Lipinski definition) is 6. The van der Waals surface area contributed by atoms with Gasteiger partial charge < -0.3 is 20.0 Å². The van der Waals surface area contributed by atoms with Crippen molar-refractivity contribution in [2.45, 2.75) is 33.6 Å². The highest BCUT2D eigenvalue weighted by Gasteiger charge is 2.16. The lowest BCUT2D eigenvalue weighted by atomic mass is 10.2. The Kier molecular flexibility index (Phi) is 5.20. The van der Waals surface area contributed by atoms with E-state index >= 15 is 0 Å². The molecule has 0 aliphatic carbocycles. The Hall–Kier alpha value is -3.35. The molecule has 0 radical (unpaired) electrons. The molecule has 0 atom stereocenters. The van der Waals surface area contributed by atoms with Gasteiger partial charge in [0.15, 0.2) is 0 Å². The Bertz CT molecular complexity index is 1020. The maximum atomic E-state index is 12.4. The largest absolute Gasteiger partial charge is 0.466 e. The van der Waals surface area contributed by atoms with Gasteiger partial charge in [-0.1, -0.05) is 0 Å². The van der Waals surface area contributed by atoms with Crippen LogP contribution in [-0.2, 0) is 0 Å². The number of carbonyl (C=O) groups excluding carboxylic acids is 1. The van der Waals surface area contributed by atoms with E-state index in [1.807, 2.05) is 44.2 Å². The molecule has 2 aromatic heterocycles. The van der Waals surface area contributed by atoms with Gasteiger partial charge in [-0.25, -0.2) is 4.98 Å². The third kappa shape index (κ3) is 4.39. The zero-order valence-corrected chi connectivity index (χ0v) is 17.0. The zero-order valence-electron chi connectivity index (χ0n) is 17.0. The maximum Gasteiger partial charge on any atom is 0.259 e. The lowest BCUT2D eigenvalue weighted by Gasteiger charge is -2.17. The molecule has 1 fully saturated rings. The molecule has 1 aliphatic heterocycles. The highest BCUT2D eigenvalue weighted by atomic mass is 16.3. The van der Waals surface area contributed by atoms with Crippen molar-refractivity contribution < 1.29 is 9.21 Å². The van der Waals surface area contributed by atoms with E-state index in [1.165, 1.54) is 12.8 Å². The number of aromatic nitrogens is 2. The summed E-state index contributed by atoms with van der Waals surface area (Å²) in [6.07, 6.45) is 2.37.